The van der Waals surface area contributed by atoms with E-state index in [-0.39, 0.29) is 23.6 Å². The second-order valence-corrected chi connectivity index (χ2v) is 10.0. The van der Waals surface area contributed by atoms with Crippen molar-refractivity contribution in [3.8, 4) is 5.69 Å². The molecule has 0 unspecified atom stereocenters. The lowest BCUT2D eigenvalue weighted by Gasteiger charge is -2.17. The van der Waals surface area contributed by atoms with E-state index in [1.807, 2.05) is 86.6 Å². The molecule has 0 saturated carbocycles. The lowest BCUT2D eigenvalue weighted by molar-refractivity contribution is -0.116. The monoisotopic (exact) mass is 537 g/mol. The van der Waals surface area contributed by atoms with Crippen LogP contribution in [0.1, 0.15) is 45.6 Å². The Balaban J connectivity index is 1.65. The predicted octanol–water partition coefficient (Wildman–Crippen LogP) is 6.01. The van der Waals surface area contributed by atoms with Crippen molar-refractivity contribution in [1.29, 1.82) is 0 Å². The number of carbonyl (C=O) groups excluding carboxylic acids is 2. The highest BCUT2D eigenvalue weighted by atomic mass is 32.1. The number of esters is 1. The highest BCUT2D eigenvalue weighted by Crippen LogP contribution is 2.33. The molecule has 8 heteroatoms. The van der Waals surface area contributed by atoms with Crippen LogP contribution in [-0.2, 0) is 9.53 Å². The SMILES string of the molecule is CCOC(=O)c1nn(-c2ccc(C)c(C)c2)c(=O)c2c(NC(=O)C(c3ccccc3)c3ccccc3)scc12. The smallest absolute Gasteiger partial charge is 0.359 e. The van der Waals surface area contributed by atoms with Crippen LogP contribution in [0.4, 0.5) is 5.00 Å². The van der Waals surface area contributed by atoms with Crippen LogP contribution in [0.25, 0.3) is 16.5 Å². The number of fused-ring (bicyclic) bond motifs is 1. The number of benzene rings is 3. The maximum Gasteiger partial charge on any atom is 0.359 e. The summed E-state index contributed by atoms with van der Waals surface area (Å²) in [7, 11) is 0. The van der Waals surface area contributed by atoms with Gasteiger partial charge < -0.3 is 10.1 Å². The third kappa shape index (κ3) is 5.11. The zero-order valence-electron chi connectivity index (χ0n) is 21.8. The molecule has 0 fully saturated rings. The lowest BCUT2D eigenvalue weighted by Crippen LogP contribution is -2.26. The number of hydrogen-bond donors (Lipinski definition) is 1. The largest absolute Gasteiger partial charge is 0.461 e. The molecule has 2 heterocycles. The molecular weight excluding hydrogens is 510 g/mol. The van der Waals surface area contributed by atoms with Gasteiger partial charge in [0.1, 0.15) is 5.00 Å². The van der Waals surface area contributed by atoms with Gasteiger partial charge in [0.05, 0.1) is 23.6 Å². The van der Waals surface area contributed by atoms with Gasteiger partial charge in [-0.25, -0.2) is 4.79 Å². The number of ether oxygens (including phenoxy) is 1. The number of amides is 1. The number of anilines is 1. The molecule has 1 N–H and O–H groups in total. The van der Waals surface area contributed by atoms with E-state index in [0.717, 1.165) is 22.3 Å². The number of nitrogens with zero attached hydrogens (tertiary/aromatic N) is 2. The quantitative estimate of drug-likeness (QED) is 0.257. The molecule has 0 saturated heterocycles. The molecule has 5 rings (SSSR count). The summed E-state index contributed by atoms with van der Waals surface area (Å²) in [6, 6.07) is 24.5. The van der Waals surface area contributed by atoms with E-state index in [4.69, 9.17) is 4.74 Å². The van der Waals surface area contributed by atoms with Gasteiger partial charge in [-0.15, -0.1) is 11.3 Å². The number of thiophene rings is 1. The molecule has 3 aromatic carbocycles. The molecule has 0 bridgehead atoms. The topological polar surface area (TPSA) is 90.3 Å². The molecule has 0 spiro atoms. The Morgan fingerprint density at radius 1 is 0.949 bits per heavy atom. The van der Waals surface area contributed by atoms with Gasteiger partial charge in [0, 0.05) is 10.8 Å². The van der Waals surface area contributed by atoms with E-state index < -0.39 is 17.4 Å². The molecule has 2 aromatic heterocycles. The van der Waals surface area contributed by atoms with Crippen molar-refractivity contribution < 1.29 is 14.3 Å². The molecule has 0 aliphatic carbocycles. The molecular formula is C31H27N3O4S. The first-order valence-electron chi connectivity index (χ1n) is 12.6. The summed E-state index contributed by atoms with van der Waals surface area (Å²) in [6.07, 6.45) is 0. The lowest BCUT2D eigenvalue weighted by atomic mass is 9.90. The third-order valence-electron chi connectivity index (χ3n) is 6.62. The first-order chi connectivity index (χ1) is 18.9. The van der Waals surface area contributed by atoms with Crippen molar-refractivity contribution in [2.45, 2.75) is 26.7 Å². The maximum atomic E-state index is 13.8. The van der Waals surface area contributed by atoms with Gasteiger partial charge in [0.25, 0.3) is 5.56 Å². The summed E-state index contributed by atoms with van der Waals surface area (Å²) in [6.45, 7) is 5.79. The summed E-state index contributed by atoms with van der Waals surface area (Å²) in [5, 5.41) is 9.96. The average molecular weight is 538 g/mol. The van der Waals surface area contributed by atoms with Crippen LogP contribution in [0.3, 0.4) is 0 Å². The minimum atomic E-state index is -0.637. The Bertz CT molecular complexity index is 1690. The molecule has 7 nitrogen and oxygen atoms in total. The molecule has 0 aliphatic rings. The van der Waals surface area contributed by atoms with Crippen molar-refractivity contribution in [2.24, 2.45) is 0 Å². The first-order valence-corrected chi connectivity index (χ1v) is 13.5. The van der Waals surface area contributed by atoms with E-state index in [1.165, 1.54) is 16.0 Å². The van der Waals surface area contributed by atoms with Gasteiger partial charge in [-0.2, -0.15) is 9.78 Å². The maximum absolute atomic E-state index is 13.8. The van der Waals surface area contributed by atoms with Crippen LogP contribution < -0.4 is 10.9 Å². The minimum absolute atomic E-state index is 0.0177. The van der Waals surface area contributed by atoms with Crippen molar-refractivity contribution in [3.63, 3.8) is 0 Å². The molecule has 1 amide bonds. The molecule has 0 aliphatic heterocycles. The van der Waals surface area contributed by atoms with Crippen LogP contribution in [0, 0.1) is 13.8 Å². The van der Waals surface area contributed by atoms with Gasteiger partial charge in [0.15, 0.2) is 5.69 Å². The fraction of sp³-hybridized carbons (Fsp3) is 0.161. The summed E-state index contributed by atoms with van der Waals surface area (Å²) in [5.41, 5.74) is 3.79. The second kappa shape index (κ2) is 11.0. The number of aromatic nitrogens is 2. The fourth-order valence-electron chi connectivity index (χ4n) is 4.49. The van der Waals surface area contributed by atoms with Gasteiger partial charge in [-0.1, -0.05) is 66.7 Å². The van der Waals surface area contributed by atoms with Crippen LogP contribution in [0.5, 0.6) is 0 Å². The van der Waals surface area contributed by atoms with E-state index in [1.54, 1.807) is 18.4 Å². The highest BCUT2D eigenvalue weighted by Gasteiger charge is 2.27. The first kappa shape index (κ1) is 26.1. The normalized spacial score (nSPS) is 11.1. The van der Waals surface area contributed by atoms with Crippen molar-refractivity contribution >= 4 is 39.0 Å². The van der Waals surface area contributed by atoms with Gasteiger partial charge in [0.2, 0.25) is 5.91 Å². The zero-order chi connectivity index (χ0) is 27.5. The Morgan fingerprint density at radius 2 is 1.59 bits per heavy atom. The fourth-order valence-corrected chi connectivity index (χ4v) is 5.43. The Labute approximate surface area is 229 Å². The van der Waals surface area contributed by atoms with Crippen LogP contribution >= 0.6 is 11.3 Å². The van der Waals surface area contributed by atoms with Gasteiger partial charge in [-0.3, -0.25) is 9.59 Å². The molecule has 39 heavy (non-hydrogen) atoms. The summed E-state index contributed by atoms with van der Waals surface area (Å²) in [4.78, 5) is 40.5. The third-order valence-corrected chi connectivity index (χ3v) is 7.52. The highest BCUT2D eigenvalue weighted by molar-refractivity contribution is 7.16. The molecule has 196 valence electrons. The van der Waals surface area contributed by atoms with E-state index in [2.05, 4.69) is 10.4 Å². The Kier molecular flexibility index (Phi) is 7.38. The van der Waals surface area contributed by atoms with E-state index >= 15 is 0 Å². The predicted molar refractivity (Wildman–Crippen MR) is 154 cm³/mol. The molecule has 0 atom stereocenters. The molecule has 5 aromatic rings. The Hall–Kier alpha value is -4.56. The number of rotatable bonds is 7. The van der Waals surface area contributed by atoms with Gasteiger partial charge in [-0.05, 0) is 55.2 Å². The Morgan fingerprint density at radius 3 is 2.18 bits per heavy atom. The summed E-state index contributed by atoms with van der Waals surface area (Å²) in [5.74, 6) is -1.53. The van der Waals surface area contributed by atoms with Crippen molar-refractivity contribution in [1.82, 2.24) is 9.78 Å². The number of nitrogens with one attached hydrogen (secondary N) is 1. The van der Waals surface area contributed by atoms with Crippen LogP contribution in [-0.4, -0.2) is 28.3 Å². The second-order valence-electron chi connectivity index (χ2n) is 9.15. The average Bonchev–Trinajstić information content (AvgIpc) is 3.36. The summed E-state index contributed by atoms with van der Waals surface area (Å²) >= 11 is 1.18. The minimum Gasteiger partial charge on any atom is -0.461 e. The van der Waals surface area contributed by atoms with E-state index in [9.17, 15) is 14.4 Å². The van der Waals surface area contributed by atoms with Gasteiger partial charge >= 0.3 is 5.97 Å². The van der Waals surface area contributed by atoms with E-state index in [0.29, 0.717) is 16.1 Å². The number of carbonyl (C=O) groups is 2. The number of hydrogen-bond acceptors (Lipinski definition) is 6. The van der Waals surface area contributed by atoms with Crippen molar-refractivity contribution in [3.05, 3.63) is 123 Å². The van der Waals surface area contributed by atoms with Crippen LogP contribution in [0.2, 0.25) is 0 Å². The molecule has 0 radical (unpaired) electrons. The summed E-state index contributed by atoms with van der Waals surface area (Å²) < 4.78 is 6.46. The van der Waals surface area contributed by atoms with Crippen molar-refractivity contribution in [2.75, 3.05) is 11.9 Å². The number of aryl methyl sites for hydroxylation is 2. The standard InChI is InChI=1S/C31H27N3O4S/c1-4-38-31(37)27-24-18-39-29(26(24)30(36)34(33-27)23-16-15-19(2)20(3)17-23)32-28(35)25(21-11-7-5-8-12-21)22-13-9-6-10-14-22/h5-18,25H,4H2,1-3H3,(H,32,35). The van der Waals surface area contributed by atoms with Crippen LogP contribution in [0.15, 0.2) is 89.0 Å². The zero-order valence-corrected chi connectivity index (χ0v) is 22.6.